The monoisotopic (exact) mass is 396 g/mol. The number of imide groups is 1. The van der Waals surface area contributed by atoms with Gasteiger partial charge in [-0.3, -0.25) is 14.4 Å². The number of hydrogen-bond acceptors (Lipinski definition) is 4. The Morgan fingerprint density at radius 3 is 2.34 bits per heavy atom. The summed E-state index contributed by atoms with van der Waals surface area (Å²) in [5.74, 6) is -1.74. The number of fused-ring (bicyclic) bond motifs is 5. The van der Waals surface area contributed by atoms with Crippen LogP contribution in [-0.4, -0.2) is 36.0 Å². The van der Waals surface area contributed by atoms with Gasteiger partial charge in [0.1, 0.15) is 5.60 Å². The third-order valence-electron chi connectivity index (χ3n) is 6.22. The first kappa shape index (κ1) is 19.8. The third kappa shape index (κ3) is 2.84. The predicted octanol–water partition coefficient (Wildman–Crippen LogP) is 2.59. The topological polar surface area (TPSA) is 75.7 Å². The second-order valence-corrected chi connectivity index (χ2v) is 9.59. The van der Waals surface area contributed by atoms with E-state index in [0.717, 1.165) is 16.7 Å². The Kier molecular flexibility index (Phi) is 4.28. The summed E-state index contributed by atoms with van der Waals surface area (Å²) in [4.78, 5) is 40.6. The Balaban J connectivity index is 1.68. The van der Waals surface area contributed by atoms with E-state index in [1.54, 1.807) is 0 Å². The summed E-state index contributed by atoms with van der Waals surface area (Å²) in [7, 11) is 0. The van der Waals surface area contributed by atoms with Crippen molar-refractivity contribution in [1.82, 2.24) is 5.32 Å². The van der Waals surface area contributed by atoms with E-state index in [-0.39, 0.29) is 24.3 Å². The normalized spacial score (nSPS) is 30.3. The summed E-state index contributed by atoms with van der Waals surface area (Å²) in [6.07, 6.45) is 3.28. The van der Waals surface area contributed by atoms with Crippen LogP contribution in [-0.2, 0) is 19.1 Å². The van der Waals surface area contributed by atoms with Crippen LogP contribution in [0, 0.1) is 38.0 Å². The molecule has 3 heterocycles. The van der Waals surface area contributed by atoms with Crippen molar-refractivity contribution in [2.75, 3.05) is 11.4 Å². The lowest BCUT2D eigenvalue weighted by Gasteiger charge is -2.31. The highest BCUT2D eigenvalue weighted by Gasteiger charge is 2.68. The van der Waals surface area contributed by atoms with E-state index in [1.807, 2.05) is 65.8 Å². The lowest BCUT2D eigenvalue weighted by Crippen LogP contribution is -2.50. The van der Waals surface area contributed by atoms with Crippen LogP contribution in [0.5, 0.6) is 0 Å². The molecular formula is C23H28N2O4. The molecule has 3 aliphatic rings. The molecule has 6 nitrogen and oxygen atoms in total. The van der Waals surface area contributed by atoms with Crippen molar-refractivity contribution in [2.24, 2.45) is 17.3 Å². The largest absolute Gasteiger partial charge is 0.360 e. The van der Waals surface area contributed by atoms with Crippen LogP contribution in [0.2, 0.25) is 0 Å². The molecule has 4 atom stereocenters. The number of hydrogen-bond donors (Lipinski definition) is 1. The molecule has 1 N–H and O–H groups in total. The number of rotatable bonds is 3. The smallest absolute Gasteiger partial charge is 0.241 e. The molecule has 0 spiro atoms. The SMILES string of the molecule is Cc1cc(C)c(N2C(=O)C3C4C=CC(CNC(=O)C(C)(C)C)(O4)C3C2=O)c(C)c1. The van der Waals surface area contributed by atoms with Crippen LogP contribution in [0.4, 0.5) is 5.69 Å². The van der Waals surface area contributed by atoms with Crippen molar-refractivity contribution in [2.45, 2.75) is 53.2 Å². The minimum Gasteiger partial charge on any atom is -0.360 e. The van der Waals surface area contributed by atoms with Crippen LogP contribution in [0.25, 0.3) is 0 Å². The standard InChI is InChI=1S/C23H28N2O4/c1-12-9-13(2)18(14(3)10-12)25-19(26)16-15-7-8-23(29-15,17(16)20(25)27)11-24-21(28)22(4,5)6/h7-10,15-17H,11H2,1-6H3,(H,24,28). The van der Waals surface area contributed by atoms with Gasteiger partial charge in [0.25, 0.3) is 0 Å². The summed E-state index contributed by atoms with van der Waals surface area (Å²) in [5.41, 5.74) is 2.06. The van der Waals surface area contributed by atoms with Crippen molar-refractivity contribution in [3.63, 3.8) is 0 Å². The Morgan fingerprint density at radius 1 is 1.14 bits per heavy atom. The number of nitrogens with one attached hydrogen (secondary N) is 1. The molecule has 1 aromatic rings. The number of amides is 3. The maximum absolute atomic E-state index is 13.5. The molecule has 0 aromatic heterocycles. The number of carbonyl (C=O) groups excluding carboxylic acids is 3. The molecule has 3 aliphatic heterocycles. The molecule has 4 rings (SSSR count). The zero-order valence-corrected chi connectivity index (χ0v) is 17.8. The van der Waals surface area contributed by atoms with Gasteiger partial charge in [0.2, 0.25) is 17.7 Å². The Labute approximate surface area is 171 Å². The Hall–Kier alpha value is -2.47. The van der Waals surface area contributed by atoms with Crippen LogP contribution in [0.1, 0.15) is 37.5 Å². The first-order chi connectivity index (χ1) is 13.5. The van der Waals surface area contributed by atoms with Gasteiger partial charge in [0, 0.05) is 5.41 Å². The fourth-order valence-corrected chi connectivity index (χ4v) is 4.94. The highest BCUT2D eigenvalue weighted by Crippen LogP contribution is 2.52. The zero-order chi connectivity index (χ0) is 21.3. The summed E-state index contributed by atoms with van der Waals surface area (Å²) in [6, 6.07) is 3.97. The molecule has 1 aromatic carbocycles. The van der Waals surface area contributed by atoms with Gasteiger partial charge in [0.05, 0.1) is 30.2 Å². The fraction of sp³-hybridized carbons (Fsp3) is 0.522. The molecule has 154 valence electrons. The molecule has 2 saturated heterocycles. The predicted molar refractivity (Wildman–Crippen MR) is 109 cm³/mol. The summed E-state index contributed by atoms with van der Waals surface area (Å²) in [6.45, 7) is 11.5. The lowest BCUT2D eigenvalue weighted by atomic mass is 9.76. The van der Waals surface area contributed by atoms with Gasteiger partial charge in [0.15, 0.2) is 0 Å². The van der Waals surface area contributed by atoms with Crippen LogP contribution >= 0.6 is 0 Å². The molecule has 29 heavy (non-hydrogen) atoms. The van der Waals surface area contributed by atoms with E-state index in [0.29, 0.717) is 5.69 Å². The van der Waals surface area contributed by atoms with Crippen molar-refractivity contribution < 1.29 is 19.1 Å². The number of anilines is 1. The average Bonchev–Trinajstić information content (AvgIpc) is 3.24. The Morgan fingerprint density at radius 2 is 1.76 bits per heavy atom. The maximum atomic E-state index is 13.5. The highest BCUT2D eigenvalue weighted by molar-refractivity contribution is 6.24. The first-order valence-corrected chi connectivity index (χ1v) is 10.1. The van der Waals surface area contributed by atoms with Gasteiger partial charge in [-0.25, -0.2) is 4.90 Å². The molecule has 0 radical (unpaired) electrons. The summed E-state index contributed by atoms with van der Waals surface area (Å²) < 4.78 is 6.10. The summed E-state index contributed by atoms with van der Waals surface area (Å²) in [5, 5.41) is 2.92. The van der Waals surface area contributed by atoms with Crippen molar-refractivity contribution in [3.05, 3.63) is 41.0 Å². The first-order valence-electron chi connectivity index (χ1n) is 10.1. The molecule has 2 fully saturated rings. The van der Waals surface area contributed by atoms with Gasteiger partial charge in [-0.15, -0.1) is 0 Å². The van der Waals surface area contributed by atoms with Gasteiger partial charge in [-0.05, 0) is 31.9 Å². The van der Waals surface area contributed by atoms with Gasteiger partial charge in [-0.2, -0.15) is 0 Å². The van der Waals surface area contributed by atoms with Crippen molar-refractivity contribution >= 4 is 23.4 Å². The maximum Gasteiger partial charge on any atom is 0.241 e. The summed E-state index contributed by atoms with van der Waals surface area (Å²) >= 11 is 0. The minimum absolute atomic E-state index is 0.116. The quantitative estimate of drug-likeness (QED) is 0.629. The van der Waals surface area contributed by atoms with Gasteiger partial charge in [-0.1, -0.05) is 50.6 Å². The Bertz CT molecular complexity index is 935. The van der Waals surface area contributed by atoms with Crippen LogP contribution in [0.3, 0.4) is 0 Å². The lowest BCUT2D eigenvalue weighted by molar-refractivity contribution is -0.132. The van der Waals surface area contributed by atoms with E-state index in [1.165, 1.54) is 4.90 Å². The van der Waals surface area contributed by atoms with E-state index in [2.05, 4.69) is 5.32 Å². The molecule has 0 saturated carbocycles. The molecule has 0 aliphatic carbocycles. The fourth-order valence-electron chi connectivity index (χ4n) is 4.94. The molecule has 4 unspecified atom stereocenters. The molecular weight excluding hydrogens is 368 g/mol. The number of aryl methyl sites for hydroxylation is 3. The number of benzene rings is 1. The van der Waals surface area contributed by atoms with E-state index in [9.17, 15) is 14.4 Å². The molecule has 3 amide bonds. The number of ether oxygens (including phenoxy) is 1. The zero-order valence-electron chi connectivity index (χ0n) is 17.8. The van der Waals surface area contributed by atoms with Crippen LogP contribution in [0.15, 0.2) is 24.3 Å². The number of carbonyl (C=O) groups is 3. The second kappa shape index (κ2) is 6.26. The van der Waals surface area contributed by atoms with E-state index in [4.69, 9.17) is 4.74 Å². The average molecular weight is 396 g/mol. The molecule has 6 heteroatoms. The van der Waals surface area contributed by atoms with Crippen LogP contribution < -0.4 is 10.2 Å². The number of nitrogens with zero attached hydrogens (tertiary/aromatic N) is 1. The van der Waals surface area contributed by atoms with E-state index < -0.39 is 29.0 Å². The highest BCUT2D eigenvalue weighted by atomic mass is 16.5. The third-order valence-corrected chi connectivity index (χ3v) is 6.22. The second-order valence-electron chi connectivity index (χ2n) is 9.59. The van der Waals surface area contributed by atoms with Gasteiger partial charge < -0.3 is 10.1 Å². The molecule has 2 bridgehead atoms. The van der Waals surface area contributed by atoms with Crippen molar-refractivity contribution in [3.8, 4) is 0 Å². The van der Waals surface area contributed by atoms with Gasteiger partial charge >= 0.3 is 0 Å². The van der Waals surface area contributed by atoms with E-state index >= 15 is 0 Å². The minimum atomic E-state index is -0.968. The van der Waals surface area contributed by atoms with Crippen molar-refractivity contribution in [1.29, 1.82) is 0 Å².